The fraction of sp³-hybridized carbons (Fsp3) is 0.429. The van der Waals surface area contributed by atoms with Crippen LogP contribution >= 0.6 is 22.7 Å². The largest absolute Gasteiger partial charge is 0.461 e. The first-order valence-electron chi connectivity index (χ1n) is 6.31. The van der Waals surface area contributed by atoms with Crippen LogP contribution in [0.1, 0.15) is 36.1 Å². The number of thiophene rings is 1. The Kier molecular flexibility index (Phi) is 4.71. The molecule has 0 radical (unpaired) electrons. The van der Waals surface area contributed by atoms with Crippen LogP contribution in [0.3, 0.4) is 0 Å². The topological polar surface area (TPSA) is 39.2 Å². The van der Waals surface area contributed by atoms with E-state index in [2.05, 4.69) is 18.8 Å². The van der Waals surface area contributed by atoms with Crippen LogP contribution in [0.25, 0.3) is 10.6 Å². The summed E-state index contributed by atoms with van der Waals surface area (Å²) in [4.78, 5) is 17.5. The van der Waals surface area contributed by atoms with E-state index in [1.807, 2.05) is 23.8 Å². The highest BCUT2D eigenvalue weighted by Crippen LogP contribution is 2.31. The van der Waals surface area contributed by atoms with Crippen LogP contribution in [0.2, 0.25) is 0 Å². The number of esters is 1. The maximum Gasteiger partial charge on any atom is 0.358 e. The molecule has 2 rings (SSSR count). The smallest absolute Gasteiger partial charge is 0.358 e. The lowest BCUT2D eigenvalue weighted by Crippen LogP contribution is -2.08. The van der Waals surface area contributed by atoms with Crippen molar-refractivity contribution < 1.29 is 9.53 Å². The van der Waals surface area contributed by atoms with Crippen molar-refractivity contribution in [1.82, 2.24) is 4.98 Å². The molecule has 0 saturated heterocycles. The van der Waals surface area contributed by atoms with Gasteiger partial charge in [0.05, 0.1) is 6.61 Å². The number of aromatic nitrogens is 1. The summed E-state index contributed by atoms with van der Waals surface area (Å²) in [5, 5.41) is 4.97. The summed E-state index contributed by atoms with van der Waals surface area (Å²) in [6.07, 6.45) is 0.857. The number of thiazole rings is 1. The summed E-state index contributed by atoms with van der Waals surface area (Å²) in [6.45, 7) is 6.47. The number of carbonyl (C=O) groups excluding carboxylic acids is 1. The fourth-order valence-corrected chi connectivity index (χ4v) is 3.70. The number of rotatable bonds is 5. The molecule has 0 N–H and O–H groups in total. The van der Waals surface area contributed by atoms with Crippen molar-refractivity contribution in [1.29, 1.82) is 0 Å². The normalized spacial score (nSPS) is 10.9. The van der Waals surface area contributed by atoms with Gasteiger partial charge in [0.1, 0.15) is 5.01 Å². The molecular weight excluding hydrogens is 278 g/mol. The Hall–Kier alpha value is -1.20. The van der Waals surface area contributed by atoms with Gasteiger partial charge >= 0.3 is 5.97 Å². The Morgan fingerprint density at radius 1 is 1.47 bits per heavy atom. The first kappa shape index (κ1) is 14.2. The molecule has 0 fully saturated rings. The van der Waals surface area contributed by atoms with Gasteiger partial charge in [0.15, 0.2) is 5.69 Å². The van der Waals surface area contributed by atoms with Crippen molar-refractivity contribution >= 4 is 28.6 Å². The summed E-state index contributed by atoms with van der Waals surface area (Å²) in [5.74, 6) is 0.180. The van der Waals surface area contributed by atoms with Crippen molar-refractivity contribution in [2.45, 2.75) is 27.2 Å². The molecule has 0 aliphatic carbocycles. The van der Waals surface area contributed by atoms with Crippen molar-refractivity contribution in [2.75, 3.05) is 6.61 Å². The van der Waals surface area contributed by atoms with E-state index in [0.29, 0.717) is 18.2 Å². The number of nitrogens with zero attached hydrogens (tertiary/aromatic N) is 1. The second-order valence-electron chi connectivity index (χ2n) is 4.62. The van der Waals surface area contributed by atoms with Crippen LogP contribution in [0, 0.1) is 5.92 Å². The summed E-state index contributed by atoms with van der Waals surface area (Å²) in [6, 6.07) is 2.03. The molecule has 0 bridgehead atoms. The molecule has 0 unspecified atom stereocenters. The molecule has 0 atom stereocenters. The van der Waals surface area contributed by atoms with E-state index in [1.54, 1.807) is 22.7 Å². The number of hydrogen-bond acceptors (Lipinski definition) is 5. The zero-order valence-electron chi connectivity index (χ0n) is 11.3. The van der Waals surface area contributed by atoms with Crippen molar-refractivity contribution in [3.63, 3.8) is 0 Å². The number of ether oxygens (including phenoxy) is 1. The maximum absolute atomic E-state index is 12.0. The van der Waals surface area contributed by atoms with Crippen molar-refractivity contribution in [2.24, 2.45) is 5.92 Å². The Morgan fingerprint density at radius 3 is 2.84 bits per heavy atom. The highest BCUT2D eigenvalue weighted by molar-refractivity contribution is 7.16. The molecule has 0 aliphatic rings. The van der Waals surface area contributed by atoms with E-state index in [-0.39, 0.29) is 5.97 Å². The lowest BCUT2D eigenvalue weighted by atomic mass is 10.1. The summed E-state index contributed by atoms with van der Waals surface area (Å²) in [5.41, 5.74) is 1.57. The van der Waals surface area contributed by atoms with Gasteiger partial charge in [-0.25, -0.2) is 9.78 Å². The molecule has 19 heavy (non-hydrogen) atoms. The molecule has 3 nitrogen and oxygen atoms in total. The van der Waals surface area contributed by atoms with Crippen LogP contribution < -0.4 is 0 Å². The summed E-state index contributed by atoms with van der Waals surface area (Å²) >= 11 is 3.23. The zero-order chi connectivity index (χ0) is 13.8. The van der Waals surface area contributed by atoms with Gasteiger partial charge in [-0.3, -0.25) is 0 Å². The minimum atomic E-state index is -0.309. The van der Waals surface area contributed by atoms with Crippen molar-refractivity contribution in [3.05, 3.63) is 27.4 Å². The Morgan fingerprint density at radius 2 is 2.26 bits per heavy atom. The van der Waals surface area contributed by atoms with Gasteiger partial charge < -0.3 is 4.74 Å². The second-order valence-corrected chi connectivity index (χ2v) is 6.48. The van der Waals surface area contributed by atoms with Crippen LogP contribution in [0.15, 0.2) is 16.8 Å². The zero-order valence-corrected chi connectivity index (χ0v) is 12.9. The first-order valence-corrected chi connectivity index (χ1v) is 8.07. The molecular formula is C14H17NO2S2. The third kappa shape index (κ3) is 3.42. The van der Waals surface area contributed by atoms with E-state index in [9.17, 15) is 4.79 Å². The van der Waals surface area contributed by atoms with E-state index < -0.39 is 0 Å². The van der Waals surface area contributed by atoms with Gasteiger partial charge in [-0.1, -0.05) is 13.8 Å². The molecule has 102 valence electrons. The van der Waals surface area contributed by atoms with E-state index >= 15 is 0 Å². The lowest BCUT2D eigenvalue weighted by Gasteiger charge is -2.04. The third-order valence-corrected chi connectivity index (χ3v) is 4.34. The average Bonchev–Trinajstić information content (AvgIpc) is 2.96. The quantitative estimate of drug-likeness (QED) is 0.774. The predicted octanol–water partition coefficient (Wildman–Crippen LogP) is 4.25. The van der Waals surface area contributed by atoms with Crippen LogP contribution in [-0.2, 0) is 11.2 Å². The number of carbonyl (C=O) groups is 1. The van der Waals surface area contributed by atoms with Gasteiger partial charge in [0.25, 0.3) is 0 Å². The molecule has 0 aromatic carbocycles. The summed E-state index contributed by atoms with van der Waals surface area (Å²) in [7, 11) is 0. The third-order valence-electron chi connectivity index (χ3n) is 2.53. The van der Waals surface area contributed by atoms with Gasteiger partial charge in [-0.05, 0) is 30.7 Å². The Bertz CT molecular complexity index is 544. The SMILES string of the molecule is CCOC(=O)c1nc(-c2ccsc2)sc1CC(C)C. The standard InChI is InChI=1S/C14H17NO2S2/c1-4-17-14(16)12-11(7-9(2)3)19-13(15-12)10-5-6-18-8-10/h5-6,8-9H,4,7H2,1-3H3. The molecule has 2 aromatic rings. The van der Waals surface area contributed by atoms with E-state index in [4.69, 9.17) is 4.74 Å². The molecule has 0 saturated carbocycles. The molecule has 0 spiro atoms. The molecule has 2 aromatic heterocycles. The lowest BCUT2D eigenvalue weighted by molar-refractivity contribution is 0.0519. The maximum atomic E-state index is 12.0. The van der Waals surface area contributed by atoms with E-state index in [0.717, 1.165) is 21.9 Å². The highest BCUT2D eigenvalue weighted by atomic mass is 32.1. The van der Waals surface area contributed by atoms with Gasteiger partial charge in [-0.2, -0.15) is 11.3 Å². The molecule has 5 heteroatoms. The molecule has 2 heterocycles. The van der Waals surface area contributed by atoms with Gasteiger partial charge in [0.2, 0.25) is 0 Å². The minimum absolute atomic E-state index is 0.309. The van der Waals surface area contributed by atoms with Crippen molar-refractivity contribution in [3.8, 4) is 10.6 Å². The van der Waals surface area contributed by atoms with Crippen LogP contribution in [0.5, 0.6) is 0 Å². The monoisotopic (exact) mass is 295 g/mol. The van der Waals surface area contributed by atoms with Gasteiger partial charge in [0, 0.05) is 15.8 Å². The van der Waals surface area contributed by atoms with Crippen LogP contribution in [-0.4, -0.2) is 17.6 Å². The average molecular weight is 295 g/mol. The molecule has 0 aliphatic heterocycles. The predicted molar refractivity (Wildman–Crippen MR) is 79.9 cm³/mol. The Balaban J connectivity index is 2.36. The summed E-state index contributed by atoms with van der Waals surface area (Å²) < 4.78 is 5.09. The Labute approximate surface area is 121 Å². The van der Waals surface area contributed by atoms with Crippen LogP contribution in [0.4, 0.5) is 0 Å². The highest BCUT2D eigenvalue weighted by Gasteiger charge is 2.20. The first-order chi connectivity index (χ1) is 9.11. The minimum Gasteiger partial charge on any atom is -0.461 e. The molecule has 0 amide bonds. The second kappa shape index (κ2) is 6.30. The van der Waals surface area contributed by atoms with E-state index in [1.165, 1.54) is 0 Å². The number of hydrogen-bond donors (Lipinski definition) is 0. The van der Waals surface area contributed by atoms with Gasteiger partial charge in [-0.15, -0.1) is 11.3 Å². The fourth-order valence-electron chi connectivity index (χ4n) is 1.73.